The molecule has 0 aliphatic heterocycles. The van der Waals surface area contributed by atoms with Gasteiger partial charge in [-0.05, 0) is 52.2 Å². The highest BCUT2D eigenvalue weighted by Gasteiger charge is 2.25. The van der Waals surface area contributed by atoms with E-state index >= 15 is 0 Å². The Labute approximate surface area is 175 Å². The summed E-state index contributed by atoms with van der Waals surface area (Å²) in [7, 11) is -3.73. The van der Waals surface area contributed by atoms with E-state index in [0.717, 1.165) is 22.4 Å². The highest BCUT2D eigenvalue weighted by atomic mass is 32.2. The molecule has 0 bridgehead atoms. The Morgan fingerprint density at radius 3 is 1.97 bits per heavy atom. The maximum absolute atomic E-state index is 13.6. The van der Waals surface area contributed by atoms with Crippen LogP contribution in [0.15, 0.2) is 90.1 Å². The van der Waals surface area contributed by atoms with E-state index in [2.05, 4.69) is 15.5 Å². The first-order valence-corrected chi connectivity index (χ1v) is 10.9. The maximum Gasteiger partial charge on any atom is 0.243 e. The molecule has 0 amide bonds. The zero-order valence-electron chi connectivity index (χ0n) is 16.5. The SMILES string of the molecule is Cc1cc(S(=O)(=O)N(Cc2ccccc2)Cc2ccccc2)ccc1-n1cnnn1. The third-order valence-electron chi connectivity index (χ3n) is 4.81. The molecule has 0 spiro atoms. The second-order valence-corrected chi connectivity index (χ2v) is 8.88. The molecule has 3 aromatic carbocycles. The number of hydrogen-bond donors (Lipinski definition) is 0. The third kappa shape index (κ3) is 4.29. The van der Waals surface area contributed by atoms with E-state index in [1.165, 1.54) is 15.3 Å². The quantitative estimate of drug-likeness (QED) is 0.459. The number of rotatable bonds is 7. The molecule has 0 atom stereocenters. The van der Waals surface area contributed by atoms with Gasteiger partial charge in [-0.25, -0.2) is 13.1 Å². The number of sulfonamides is 1. The number of aryl methyl sites for hydroxylation is 1. The van der Waals surface area contributed by atoms with Crippen LogP contribution in [0.2, 0.25) is 0 Å². The summed E-state index contributed by atoms with van der Waals surface area (Å²) in [5.41, 5.74) is 3.36. The largest absolute Gasteiger partial charge is 0.243 e. The van der Waals surface area contributed by atoms with Gasteiger partial charge in [-0.2, -0.15) is 4.31 Å². The molecule has 30 heavy (non-hydrogen) atoms. The van der Waals surface area contributed by atoms with Crippen LogP contribution in [0.3, 0.4) is 0 Å². The van der Waals surface area contributed by atoms with Gasteiger partial charge in [0.25, 0.3) is 0 Å². The van der Waals surface area contributed by atoms with Gasteiger partial charge < -0.3 is 0 Å². The van der Waals surface area contributed by atoms with Crippen molar-refractivity contribution in [2.24, 2.45) is 0 Å². The Kier molecular flexibility index (Phi) is 5.69. The average molecular weight is 420 g/mol. The summed E-state index contributed by atoms with van der Waals surface area (Å²) in [4.78, 5) is 0.240. The van der Waals surface area contributed by atoms with Crippen molar-refractivity contribution in [2.75, 3.05) is 0 Å². The lowest BCUT2D eigenvalue weighted by atomic mass is 10.2. The summed E-state index contributed by atoms with van der Waals surface area (Å²) in [6.45, 7) is 2.41. The standard InChI is InChI=1S/C22H21N5O2S/c1-18-14-21(12-13-22(18)27-17-23-24-25-27)30(28,29)26(15-19-8-4-2-5-9-19)16-20-10-6-3-7-11-20/h2-14,17H,15-16H2,1H3. The molecule has 1 heterocycles. The van der Waals surface area contributed by atoms with Crippen LogP contribution in [-0.4, -0.2) is 32.9 Å². The molecule has 4 aromatic rings. The van der Waals surface area contributed by atoms with Gasteiger partial charge in [-0.15, -0.1) is 5.10 Å². The Morgan fingerprint density at radius 2 is 1.47 bits per heavy atom. The van der Waals surface area contributed by atoms with Crippen LogP contribution >= 0.6 is 0 Å². The maximum atomic E-state index is 13.6. The van der Waals surface area contributed by atoms with E-state index in [4.69, 9.17) is 0 Å². The summed E-state index contributed by atoms with van der Waals surface area (Å²) in [6, 6.07) is 24.2. The van der Waals surface area contributed by atoms with Crippen molar-refractivity contribution >= 4 is 10.0 Å². The first-order chi connectivity index (χ1) is 14.5. The van der Waals surface area contributed by atoms with E-state index in [9.17, 15) is 8.42 Å². The number of tetrazole rings is 1. The highest BCUT2D eigenvalue weighted by Crippen LogP contribution is 2.24. The van der Waals surface area contributed by atoms with Crippen LogP contribution in [0.4, 0.5) is 0 Å². The van der Waals surface area contributed by atoms with Gasteiger partial charge in [0, 0.05) is 13.1 Å². The minimum atomic E-state index is -3.73. The molecule has 0 saturated heterocycles. The van der Waals surface area contributed by atoms with Crippen molar-refractivity contribution < 1.29 is 8.42 Å². The van der Waals surface area contributed by atoms with Crippen molar-refractivity contribution in [1.82, 2.24) is 24.5 Å². The Hall–Kier alpha value is -3.36. The summed E-state index contributed by atoms with van der Waals surface area (Å²) >= 11 is 0. The lowest BCUT2D eigenvalue weighted by Gasteiger charge is -2.23. The van der Waals surface area contributed by atoms with Gasteiger partial charge in [0.1, 0.15) is 6.33 Å². The molecule has 0 unspecified atom stereocenters. The van der Waals surface area contributed by atoms with Gasteiger partial charge in [0.15, 0.2) is 0 Å². The average Bonchev–Trinajstić information content (AvgIpc) is 3.29. The van der Waals surface area contributed by atoms with Crippen LogP contribution in [0, 0.1) is 6.92 Å². The first kappa shape index (κ1) is 19.9. The first-order valence-electron chi connectivity index (χ1n) is 9.46. The Bertz CT molecular complexity index is 1170. The second-order valence-electron chi connectivity index (χ2n) is 6.95. The fraction of sp³-hybridized carbons (Fsp3) is 0.136. The Balaban J connectivity index is 1.70. The molecule has 8 heteroatoms. The smallest absolute Gasteiger partial charge is 0.207 e. The topological polar surface area (TPSA) is 81.0 Å². The lowest BCUT2D eigenvalue weighted by molar-refractivity contribution is 0.401. The van der Waals surface area contributed by atoms with E-state index < -0.39 is 10.0 Å². The molecule has 0 aliphatic carbocycles. The van der Waals surface area contributed by atoms with Crippen molar-refractivity contribution in [2.45, 2.75) is 24.9 Å². The third-order valence-corrected chi connectivity index (χ3v) is 6.59. The van der Waals surface area contributed by atoms with Crippen LogP contribution in [0.1, 0.15) is 16.7 Å². The van der Waals surface area contributed by atoms with Gasteiger partial charge >= 0.3 is 0 Å². The fourth-order valence-electron chi connectivity index (χ4n) is 3.27. The van der Waals surface area contributed by atoms with Gasteiger partial charge in [-0.3, -0.25) is 0 Å². The van der Waals surface area contributed by atoms with E-state index in [1.54, 1.807) is 18.2 Å². The predicted octanol–water partition coefficient (Wildman–Crippen LogP) is 3.36. The molecule has 0 radical (unpaired) electrons. The number of nitrogens with zero attached hydrogens (tertiary/aromatic N) is 5. The molecule has 152 valence electrons. The predicted molar refractivity (Wildman–Crippen MR) is 113 cm³/mol. The van der Waals surface area contributed by atoms with Crippen LogP contribution in [-0.2, 0) is 23.1 Å². The molecule has 0 saturated carbocycles. The minimum Gasteiger partial charge on any atom is -0.207 e. The Morgan fingerprint density at radius 1 is 0.867 bits per heavy atom. The van der Waals surface area contributed by atoms with E-state index in [0.29, 0.717) is 0 Å². The number of hydrogen-bond acceptors (Lipinski definition) is 5. The van der Waals surface area contributed by atoms with Crippen LogP contribution in [0.5, 0.6) is 0 Å². The van der Waals surface area contributed by atoms with E-state index in [1.807, 2.05) is 67.6 Å². The molecule has 0 fully saturated rings. The number of benzene rings is 3. The summed E-state index contributed by atoms with van der Waals surface area (Å²) < 4.78 is 30.2. The van der Waals surface area contributed by atoms with Crippen molar-refractivity contribution in [1.29, 1.82) is 0 Å². The lowest BCUT2D eigenvalue weighted by Crippen LogP contribution is -2.30. The molecular weight excluding hydrogens is 398 g/mol. The molecule has 7 nitrogen and oxygen atoms in total. The normalized spacial score (nSPS) is 11.7. The second kappa shape index (κ2) is 8.56. The fourth-order valence-corrected chi connectivity index (χ4v) is 4.77. The minimum absolute atomic E-state index is 0.240. The van der Waals surface area contributed by atoms with Gasteiger partial charge in [0.2, 0.25) is 10.0 Å². The zero-order valence-corrected chi connectivity index (χ0v) is 17.3. The number of aromatic nitrogens is 4. The van der Waals surface area contributed by atoms with Crippen molar-refractivity contribution in [3.63, 3.8) is 0 Å². The van der Waals surface area contributed by atoms with Crippen molar-refractivity contribution in [3.05, 3.63) is 102 Å². The highest BCUT2D eigenvalue weighted by molar-refractivity contribution is 7.89. The van der Waals surface area contributed by atoms with Gasteiger partial charge in [-0.1, -0.05) is 60.7 Å². The van der Waals surface area contributed by atoms with Crippen molar-refractivity contribution in [3.8, 4) is 5.69 Å². The van der Waals surface area contributed by atoms with Crippen LogP contribution in [0.25, 0.3) is 5.69 Å². The summed E-state index contributed by atoms with van der Waals surface area (Å²) in [5, 5.41) is 11.2. The summed E-state index contributed by atoms with van der Waals surface area (Å²) in [5.74, 6) is 0. The zero-order chi connectivity index (χ0) is 21.0. The molecule has 4 rings (SSSR count). The molecule has 0 aliphatic rings. The molecule has 0 N–H and O–H groups in total. The van der Waals surface area contributed by atoms with Gasteiger partial charge in [0.05, 0.1) is 10.6 Å². The summed E-state index contributed by atoms with van der Waals surface area (Å²) in [6.07, 6.45) is 1.48. The molecular formula is C22H21N5O2S. The van der Waals surface area contributed by atoms with Crippen LogP contribution < -0.4 is 0 Å². The van der Waals surface area contributed by atoms with E-state index in [-0.39, 0.29) is 18.0 Å². The monoisotopic (exact) mass is 419 g/mol. The molecule has 1 aromatic heterocycles.